The number of hydrogen-bond acceptors (Lipinski definition) is 4. The standard InChI is InChI=1S/C19H19NO3/c1-19(2)9-17-18-14(10-23-17)12(5-6-15(18)20-19)13-8-11(21)4-7-16(13)22-3/h4-9,20-21H,10H2,1-3H3. The zero-order valence-corrected chi connectivity index (χ0v) is 13.4. The Labute approximate surface area is 135 Å². The number of phenols is 1. The molecule has 2 heterocycles. The lowest BCUT2D eigenvalue weighted by atomic mass is 9.89. The van der Waals surface area contributed by atoms with Crippen molar-refractivity contribution >= 4 is 11.4 Å². The van der Waals surface area contributed by atoms with Gasteiger partial charge >= 0.3 is 0 Å². The quantitative estimate of drug-likeness (QED) is 0.875. The van der Waals surface area contributed by atoms with Gasteiger partial charge in [-0.2, -0.15) is 0 Å². The molecule has 0 radical (unpaired) electrons. The van der Waals surface area contributed by atoms with Crippen LogP contribution < -0.4 is 10.1 Å². The van der Waals surface area contributed by atoms with Gasteiger partial charge in [0.2, 0.25) is 0 Å². The molecular weight excluding hydrogens is 290 g/mol. The van der Waals surface area contributed by atoms with E-state index in [1.807, 2.05) is 0 Å². The Bertz CT molecular complexity index is 837. The summed E-state index contributed by atoms with van der Waals surface area (Å²) < 4.78 is 11.4. The third-order valence-corrected chi connectivity index (χ3v) is 4.35. The van der Waals surface area contributed by atoms with Gasteiger partial charge in [-0.1, -0.05) is 6.07 Å². The molecule has 0 aliphatic carbocycles. The average molecular weight is 309 g/mol. The molecule has 2 aliphatic heterocycles. The lowest BCUT2D eigenvalue weighted by molar-refractivity contribution is 0.283. The second-order valence-electron chi connectivity index (χ2n) is 6.54. The molecule has 2 aromatic carbocycles. The van der Waals surface area contributed by atoms with Gasteiger partial charge in [0, 0.05) is 22.4 Å². The molecule has 0 atom stereocenters. The van der Waals surface area contributed by atoms with Gasteiger partial charge in [0.1, 0.15) is 23.9 Å². The van der Waals surface area contributed by atoms with Crippen molar-refractivity contribution in [2.45, 2.75) is 26.0 Å². The molecule has 4 heteroatoms. The van der Waals surface area contributed by atoms with Crippen molar-refractivity contribution in [3.63, 3.8) is 0 Å². The highest BCUT2D eigenvalue weighted by molar-refractivity contribution is 5.89. The smallest absolute Gasteiger partial charge is 0.127 e. The van der Waals surface area contributed by atoms with Crippen LogP contribution in [0.4, 0.5) is 5.69 Å². The van der Waals surface area contributed by atoms with Crippen LogP contribution in [0.25, 0.3) is 16.9 Å². The fraction of sp³-hybridized carbons (Fsp3) is 0.263. The SMILES string of the molecule is COc1ccc(O)cc1-c1ccc2c3c1COC3=CC(C)(C)N2. The summed E-state index contributed by atoms with van der Waals surface area (Å²) in [5, 5.41) is 13.4. The third-order valence-electron chi connectivity index (χ3n) is 4.35. The van der Waals surface area contributed by atoms with E-state index in [9.17, 15) is 5.11 Å². The Hall–Kier alpha value is -2.62. The predicted molar refractivity (Wildman–Crippen MR) is 90.6 cm³/mol. The van der Waals surface area contributed by atoms with Crippen molar-refractivity contribution in [1.29, 1.82) is 0 Å². The van der Waals surface area contributed by atoms with Gasteiger partial charge in [0.05, 0.1) is 12.6 Å². The van der Waals surface area contributed by atoms with Crippen LogP contribution in [-0.2, 0) is 11.3 Å². The van der Waals surface area contributed by atoms with E-state index in [4.69, 9.17) is 9.47 Å². The Morgan fingerprint density at radius 1 is 1.17 bits per heavy atom. The molecule has 0 saturated carbocycles. The number of aromatic hydroxyl groups is 1. The van der Waals surface area contributed by atoms with E-state index in [0.717, 1.165) is 39.4 Å². The fourth-order valence-electron chi connectivity index (χ4n) is 3.39. The van der Waals surface area contributed by atoms with Gasteiger partial charge in [-0.05, 0) is 49.8 Å². The summed E-state index contributed by atoms with van der Waals surface area (Å²) in [6.07, 6.45) is 2.12. The van der Waals surface area contributed by atoms with Crippen LogP contribution in [0, 0.1) is 0 Å². The monoisotopic (exact) mass is 309 g/mol. The van der Waals surface area contributed by atoms with Crippen LogP contribution in [0.1, 0.15) is 25.0 Å². The summed E-state index contributed by atoms with van der Waals surface area (Å²) in [5.41, 5.74) is 5.10. The van der Waals surface area contributed by atoms with Crippen LogP contribution in [0.3, 0.4) is 0 Å². The number of methoxy groups -OCH3 is 1. The van der Waals surface area contributed by atoms with E-state index < -0.39 is 0 Å². The highest BCUT2D eigenvalue weighted by Gasteiger charge is 2.33. The Kier molecular flexibility index (Phi) is 2.85. The van der Waals surface area contributed by atoms with Crippen molar-refractivity contribution in [1.82, 2.24) is 0 Å². The number of nitrogens with one attached hydrogen (secondary N) is 1. The third kappa shape index (κ3) is 2.13. The van der Waals surface area contributed by atoms with Gasteiger partial charge in [-0.25, -0.2) is 0 Å². The second-order valence-corrected chi connectivity index (χ2v) is 6.54. The number of phenolic OH excluding ortho intramolecular Hbond substituents is 1. The molecule has 4 nitrogen and oxygen atoms in total. The lowest BCUT2D eigenvalue weighted by Crippen LogP contribution is -2.31. The number of anilines is 1. The van der Waals surface area contributed by atoms with Crippen LogP contribution in [0.15, 0.2) is 36.4 Å². The maximum atomic E-state index is 9.86. The zero-order chi connectivity index (χ0) is 16.2. The summed E-state index contributed by atoms with van der Waals surface area (Å²) in [7, 11) is 1.64. The van der Waals surface area contributed by atoms with Gasteiger partial charge in [0.15, 0.2) is 0 Å². The minimum Gasteiger partial charge on any atom is -0.508 e. The van der Waals surface area contributed by atoms with E-state index in [0.29, 0.717) is 6.61 Å². The number of rotatable bonds is 2. The van der Waals surface area contributed by atoms with Gasteiger partial charge < -0.3 is 19.9 Å². The van der Waals surface area contributed by atoms with Crippen molar-refractivity contribution in [3.05, 3.63) is 47.5 Å². The normalized spacial score (nSPS) is 16.9. The van der Waals surface area contributed by atoms with E-state index in [-0.39, 0.29) is 11.3 Å². The Balaban J connectivity index is 1.94. The predicted octanol–water partition coefficient (Wildman–Crippen LogP) is 4.14. The van der Waals surface area contributed by atoms with Crippen molar-refractivity contribution in [2.24, 2.45) is 0 Å². The van der Waals surface area contributed by atoms with E-state index in [2.05, 4.69) is 37.4 Å². The molecule has 0 spiro atoms. The van der Waals surface area contributed by atoms with E-state index >= 15 is 0 Å². The molecule has 4 rings (SSSR count). The maximum Gasteiger partial charge on any atom is 0.127 e. The molecule has 0 bridgehead atoms. The highest BCUT2D eigenvalue weighted by atomic mass is 16.5. The molecule has 2 aliphatic rings. The summed E-state index contributed by atoms with van der Waals surface area (Å²) in [6, 6.07) is 9.28. The average Bonchev–Trinajstić information content (AvgIpc) is 2.91. The molecule has 2 N–H and O–H groups in total. The summed E-state index contributed by atoms with van der Waals surface area (Å²) in [5.74, 6) is 1.89. The first-order valence-electron chi connectivity index (χ1n) is 7.66. The minimum atomic E-state index is -0.131. The first kappa shape index (κ1) is 14.0. The number of hydrogen-bond donors (Lipinski definition) is 2. The molecule has 0 saturated heterocycles. The van der Waals surface area contributed by atoms with Crippen LogP contribution in [0.5, 0.6) is 11.5 Å². The summed E-state index contributed by atoms with van der Waals surface area (Å²) >= 11 is 0. The second kappa shape index (κ2) is 4.69. The fourth-order valence-corrected chi connectivity index (χ4v) is 3.39. The molecule has 2 aromatic rings. The van der Waals surface area contributed by atoms with Crippen LogP contribution >= 0.6 is 0 Å². The first-order chi connectivity index (χ1) is 11.0. The van der Waals surface area contributed by atoms with Gasteiger partial charge in [-0.3, -0.25) is 0 Å². The topological polar surface area (TPSA) is 50.7 Å². The largest absolute Gasteiger partial charge is 0.508 e. The maximum absolute atomic E-state index is 9.86. The van der Waals surface area contributed by atoms with Crippen LogP contribution in [-0.4, -0.2) is 17.8 Å². The first-order valence-corrected chi connectivity index (χ1v) is 7.66. The van der Waals surface area contributed by atoms with Gasteiger partial charge in [0.25, 0.3) is 0 Å². The summed E-state index contributed by atoms with van der Waals surface area (Å²) in [6.45, 7) is 4.77. The Morgan fingerprint density at radius 3 is 2.78 bits per heavy atom. The molecule has 0 fully saturated rings. The van der Waals surface area contributed by atoms with Crippen molar-refractivity contribution < 1.29 is 14.6 Å². The number of ether oxygens (including phenoxy) is 2. The van der Waals surface area contributed by atoms with Gasteiger partial charge in [-0.15, -0.1) is 0 Å². The highest BCUT2D eigenvalue weighted by Crippen LogP contribution is 2.47. The van der Waals surface area contributed by atoms with E-state index in [1.54, 1.807) is 25.3 Å². The number of benzene rings is 2. The van der Waals surface area contributed by atoms with Crippen LogP contribution in [0.2, 0.25) is 0 Å². The molecule has 23 heavy (non-hydrogen) atoms. The molecule has 118 valence electrons. The van der Waals surface area contributed by atoms with E-state index in [1.165, 1.54) is 0 Å². The zero-order valence-electron chi connectivity index (χ0n) is 13.4. The summed E-state index contributed by atoms with van der Waals surface area (Å²) in [4.78, 5) is 0. The lowest BCUT2D eigenvalue weighted by Gasteiger charge is -2.30. The molecule has 0 amide bonds. The molecule has 0 aromatic heterocycles. The minimum absolute atomic E-state index is 0.131. The van der Waals surface area contributed by atoms with Crippen molar-refractivity contribution in [3.8, 4) is 22.6 Å². The van der Waals surface area contributed by atoms with Crippen molar-refractivity contribution in [2.75, 3.05) is 12.4 Å². The Morgan fingerprint density at radius 2 is 2.00 bits per heavy atom. The molecular formula is C19H19NO3. The molecule has 0 unspecified atom stereocenters.